The van der Waals surface area contributed by atoms with E-state index in [1.807, 2.05) is 0 Å². The lowest BCUT2D eigenvalue weighted by molar-refractivity contribution is 0.0615. The summed E-state index contributed by atoms with van der Waals surface area (Å²) in [6.45, 7) is 16.6. The van der Waals surface area contributed by atoms with Crippen LogP contribution in [0.2, 0.25) is 0 Å². The molecule has 0 fully saturated rings. The largest absolute Gasteiger partial charge is 0.383 e. The van der Waals surface area contributed by atoms with Crippen molar-refractivity contribution in [1.82, 2.24) is 10.2 Å². The van der Waals surface area contributed by atoms with Gasteiger partial charge in [-0.2, -0.15) is 0 Å². The van der Waals surface area contributed by atoms with E-state index in [0.717, 1.165) is 32.8 Å². The summed E-state index contributed by atoms with van der Waals surface area (Å²) in [5.74, 6) is 0. The molecule has 110 valence electrons. The molecule has 0 aliphatic carbocycles. The molecule has 0 spiro atoms. The molecule has 3 heteroatoms. The van der Waals surface area contributed by atoms with Crippen molar-refractivity contribution in [2.24, 2.45) is 5.41 Å². The highest BCUT2D eigenvalue weighted by molar-refractivity contribution is 4.84. The van der Waals surface area contributed by atoms with Crippen molar-refractivity contribution < 1.29 is 4.74 Å². The number of nitrogens with one attached hydrogen (secondary N) is 1. The number of hydrogen-bond acceptors (Lipinski definition) is 3. The van der Waals surface area contributed by atoms with Crippen LogP contribution in [0, 0.1) is 5.41 Å². The fourth-order valence-corrected chi connectivity index (χ4v) is 2.53. The van der Waals surface area contributed by atoms with Crippen LogP contribution in [0.3, 0.4) is 0 Å². The van der Waals surface area contributed by atoms with Crippen LogP contribution in [0.5, 0.6) is 0 Å². The summed E-state index contributed by atoms with van der Waals surface area (Å²) in [5.41, 5.74) is 0.397. The topological polar surface area (TPSA) is 24.5 Å². The summed E-state index contributed by atoms with van der Waals surface area (Å²) in [6.07, 6.45) is 2.46. The Kier molecular flexibility index (Phi) is 9.70. The molecule has 0 rings (SSSR count). The van der Waals surface area contributed by atoms with E-state index < -0.39 is 0 Å². The fraction of sp³-hybridized carbons (Fsp3) is 1.00. The first-order chi connectivity index (χ1) is 8.59. The summed E-state index contributed by atoms with van der Waals surface area (Å²) in [7, 11) is 1.79. The van der Waals surface area contributed by atoms with Crippen LogP contribution in [-0.4, -0.2) is 50.8 Å². The molecule has 0 saturated carbocycles. The van der Waals surface area contributed by atoms with Gasteiger partial charge in [-0.3, -0.25) is 4.90 Å². The molecule has 3 nitrogen and oxygen atoms in total. The number of rotatable bonds is 11. The minimum Gasteiger partial charge on any atom is -0.383 e. The molecule has 1 N–H and O–H groups in total. The third-order valence-electron chi connectivity index (χ3n) is 4.23. The second-order valence-corrected chi connectivity index (χ2v) is 5.35. The Morgan fingerprint density at radius 1 is 1.17 bits per heavy atom. The van der Waals surface area contributed by atoms with Crippen molar-refractivity contribution in [1.29, 1.82) is 0 Å². The molecular formula is C15H34N2O. The van der Waals surface area contributed by atoms with Gasteiger partial charge in [0.05, 0.1) is 6.61 Å². The van der Waals surface area contributed by atoms with Crippen LogP contribution < -0.4 is 5.32 Å². The van der Waals surface area contributed by atoms with E-state index in [1.165, 1.54) is 12.8 Å². The van der Waals surface area contributed by atoms with Crippen molar-refractivity contribution >= 4 is 0 Å². The standard InChI is InChI=1S/C15H34N2O/c1-7-15(8-2,12-16-9-3)13-17(10-4)14(5)11-18-6/h14,16H,7-13H2,1-6H3. The maximum atomic E-state index is 5.29. The van der Waals surface area contributed by atoms with Gasteiger partial charge >= 0.3 is 0 Å². The molecule has 0 bridgehead atoms. The summed E-state index contributed by atoms with van der Waals surface area (Å²) in [6, 6.07) is 0.499. The van der Waals surface area contributed by atoms with Crippen LogP contribution in [0.25, 0.3) is 0 Å². The van der Waals surface area contributed by atoms with Gasteiger partial charge < -0.3 is 10.1 Å². The van der Waals surface area contributed by atoms with Gasteiger partial charge in [-0.1, -0.05) is 27.7 Å². The number of nitrogens with zero attached hydrogens (tertiary/aromatic N) is 1. The predicted octanol–water partition coefficient (Wildman–Crippen LogP) is 2.76. The van der Waals surface area contributed by atoms with Gasteiger partial charge in [0.15, 0.2) is 0 Å². The number of ether oxygens (including phenoxy) is 1. The van der Waals surface area contributed by atoms with E-state index >= 15 is 0 Å². The Hall–Kier alpha value is -0.120. The third kappa shape index (κ3) is 5.68. The lowest BCUT2D eigenvalue weighted by Crippen LogP contribution is -2.47. The normalized spacial score (nSPS) is 14.2. The van der Waals surface area contributed by atoms with E-state index in [-0.39, 0.29) is 0 Å². The second kappa shape index (κ2) is 9.76. The molecule has 0 aliphatic heterocycles. The predicted molar refractivity (Wildman–Crippen MR) is 80.1 cm³/mol. The summed E-state index contributed by atoms with van der Waals surface area (Å²) in [4.78, 5) is 2.55. The summed E-state index contributed by atoms with van der Waals surface area (Å²) < 4.78 is 5.29. The van der Waals surface area contributed by atoms with Crippen molar-refractivity contribution in [2.75, 3.05) is 39.9 Å². The zero-order valence-corrected chi connectivity index (χ0v) is 13.4. The molecule has 0 aromatic rings. The molecule has 0 aliphatic rings. The van der Waals surface area contributed by atoms with Gasteiger partial charge in [0.1, 0.15) is 0 Å². The molecule has 0 aromatic carbocycles. The zero-order valence-electron chi connectivity index (χ0n) is 13.4. The third-order valence-corrected chi connectivity index (χ3v) is 4.23. The average molecular weight is 258 g/mol. The molecule has 0 radical (unpaired) electrons. The van der Waals surface area contributed by atoms with E-state index in [2.05, 4.69) is 44.8 Å². The minimum atomic E-state index is 0.397. The Labute approximate surface area is 114 Å². The monoisotopic (exact) mass is 258 g/mol. The van der Waals surface area contributed by atoms with Gasteiger partial charge in [0.2, 0.25) is 0 Å². The maximum Gasteiger partial charge on any atom is 0.0615 e. The van der Waals surface area contributed by atoms with Crippen molar-refractivity contribution in [3.05, 3.63) is 0 Å². The first-order valence-electron chi connectivity index (χ1n) is 7.52. The summed E-state index contributed by atoms with van der Waals surface area (Å²) in [5, 5.41) is 3.53. The van der Waals surface area contributed by atoms with Crippen LogP contribution >= 0.6 is 0 Å². The van der Waals surface area contributed by atoms with Gasteiger partial charge in [-0.15, -0.1) is 0 Å². The quantitative estimate of drug-likeness (QED) is 0.617. The molecule has 0 amide bonds. The molecule has 1 unspecified atom stereocenters. The molecule has 18 heavy (non-hydrogen) atoms. The highest BCUT2D eigenvalue weighted by Crippen LogP contribution is 2.27. The first kappa shape index (κ1) is 17.9. The number of likely N-dealkylation sites (N-methyl/N-ethyl adjacent to an activating group) is 1. The van der Waals surface area contributed by atoms with E-state index in [4.69, 9.17) is 4.74 Å². The Balaban J connectivity index is 4.60. The molecule has 0 saturated heterocycles. The summed E-state index contributed by atoms with van der Waals surface area (Å²) >= 11 is 0. The fourth-order valence-electron chi connectivity index (χ4n) is 2.53. The van der Waals surface area contributed by atoms with Gasteiger partial charge in [0.25, 0.3) is 0 Å². The molecule has 0 aromatic heterocycles. The van der Waals surface area contributed by atoms with Crippen molar-refractivity contribution in [3.63, 3.8) is 0 Å². The lowest BCUT2D eigenvalue weighted by atomic mass is 9.81. The molecule has 0 heterocycles. The SMILES string of the molecule is CCNCC(CC)(CC)CN(CC)C(C)COC. The van der Waals surface area contributed by atoms with E-state index in [0.29, 0.717) is 11.5 Å². The van der Waals surface area contributed by atoms with Gasteiger partial charge in [-0.05, 0) is 38.3 Å². The molecule has 1 atom stereocenters. The maximum absolute atomic E-state index is 5.29. The first-order valence-corrected chi connectivity index (χ1v) is 7.52. The smallest absolute Gasteiger partial charge is 0.0615 e. The second-order valence-electron chi connectivity index (χ2n) is 5.35. The number of hydrogen-bond donors (Lipinski definition) is 1. The zero-order chi connectivity index (χ0) is 14.0. The number of methoxy groups -OCH3 is 1. The Bertz CT molecular complexity index is 193. The van der Waals surface area contributed by atoms with Crippen LogP contribution in [-0.2, 0) is 4.74 Å². The van der Waals surface area contributed by atoms with E-state index in [1.54, 1.807) is 7.11 Å². The Morgan fingerprint density at radius 2 is 1.78 bits per heavy atom. The van der Waals surface area contributed by atoms with Crippen LogP contribution in [0.1, 0.15) is 47.5 Å². The van der Waals surface area contributed by atoms with Gasteiger partial charge in [0, 0.05) is 26.2 Å². The minimum absolute atomic E-state index is 0.397. The Morgan fingerprint density at radius 3 is 2.17 bits per heavy atom. The highest BCUT2D eigenvalue weighted by atomic mass is 16.5. The molecular weight excluding hydrogens is 224 g/mol. The van der Waals surface area contributed by atoms with Crippen LogP contribution in [0.4, 0.5) is 0 Å². The van der Waals surface area contributed by atoms with E-state index in [9.17, 15) is 0 Å². The average Bonchev–Trinajstić information content (AvgIpc) is 2.40. The van der Waals surface area contributed by atoms with Gasteiger partial charge in [-0.25, -0.2) is 0 Å². The van der Waals surface area contributed by atoms with Crippen LogP contribution in [0.15, 0.2) is 0 Å². The lowest BCUT2D eigenvalue weighted by Gasteiger charge is -2.39. The van der Waals surface area contributed by atoms with Crippen molar-refractivity contribution in [3.8, 4) is 0 Å². The highest BCUT2D eigenvalue weighted by Gasteiger charge is 2.29. The van der Waals surface area contributed by atoms with Crippen molar-refractivity contribution in [2.45, 2.75) is 53.5 Å².